The minimum Gasteiger partial charge on any atom is -0.497 e. The van der Waals surface area contributed by atoms with Crippen molar-refractivity contribution in [3.63, 3.8) is 0 Å². The van der Waals surface area contributed by atoms with Crippen molar-refractivity contribution in [2.24, 2.45) is 10.1 Å². The van der Waals surface area contributed by atoms with E-state index in [0.29, 0.717) is 53.4 Å². The third kappa shape index (κ3) is 8.51. The summed E-state index contributed by atoms with van der Waals surface area (Å²) in [6, 6.07) is 32.1. The Bertz CT molecular complexity index is 1730. The Morgan fingerprint density at radius 3 is 2.54 bits per heavy atom. The summed E-state index contributed by atoms with van der Waals surface area (Å²) < 4.78 is 17.8. The molecule has 0 saturated heterocycles. The standard InChI is InChI=1S/C37H40N6O5/c1-46-32-16-9-15-29(25-32)34-37(26-30-14-5-6-17-33(30)41-43-38,36(45)42-39-22-8-7-13-27-11-3-2-4-12-27)40-35(48-34)28-18-20-31(21-19-28)47-24-10-23-44/h2-6,9,11-12,14-21,25,34,39,44H,7-8,10,13,22-24,26H2,1H3,(H,42,45)/t34-,37-/m0/s1. The summed E-state index contributed by atoms with van der Waals surface area (Å²) in [6.45, 7) is 0.991. The van der Waals surface area contributed by atoms with Crippen LogP contribution in [-0.4, -0.2) is 49.3 Å². The third-order valence-electron chi connectivity index (χ3n) is 8.09. The lowest BCUT2D eigenvalue weighted by atomic mass is 9.81. The molecular formula is C37H40N6O5. The zero-order chi connectivity index (χ0) is 33.6. The first-order valence-electron chi connectivity index (χ1n) is 16.0. The molecule has 0 aliphatic carbocycles. The minimum atomic E-state index is -1.50. The van der Waals surface area contributed by atoms with Gasteiger partial charge in [-0.3, -0.25) is 10.2 Å². The van der Waals surface area contributed by atoms with E-state index < -0.39 is 17.6 Å². The molecule has 2 atom stereocenters. The first-order valence-corrected chi connectivity index (χ1v) is 16.0. The van der Waals surface area contributed by atoms with E-state index in [1.54, 1.807) is 31.4 Å². The van der Waals surface area contributed by atoms with Crippen LogP contribution in [0.2, 0.25) is 0 Å². The fourth-order valence-electron chi connectivity index (χ4n) is 5.62. The number of hydrogen-bond acceptors (Lipinski definition) is 8. The van der Waals surface area contributed by atoms with Gasteiger partial charge in [-0.1, -0.05) is 71.8 Å². The lowest BCUT2D eigenvalue weighted by Crippen LogP contribution is -2.54. The molecule has 1 aliphatic heterocycles. The SMILES string of the molecule is COc1cccc([C@@H]2OC(c3ccc(OCCCO)cc3)=N[C@]2(Cc2ccccc2N=[N+]=[N-])C(=O)NNCCCCc2ccccc2)c1. The van der Waals surface area contributed by atoms with Gasteiger partial charge in [0.15, 0.2) is 11.6 Å². The number of amides is 1. The molecule has 0 bridgehead atoms. The van der Waals surface area contributed by atoms with Crippen molar-refractivity contribution < 1.29 is 24.1 Å². The summed E-state index contributed by atoms with van der Waals surface area (Å²) in [5, 5.41) is 13.0. The number of carbonyl (C=O) groups excluding carboxylic acids is 1. The molecule has 11 nitrogen and oxygen atoms in total. The van der Waals surface area contributed by atoms with Gasteiger partial charge in [-0.05, 0) is 77.9 Å². The fraction of sp³-hybridized carbons (Fsp3) is 0.297. The maximum atomic E-state index is 14.5. The van der Waals surface area contributed by atoms with E-state index in [2.05, 4.69) is 33.0 Å². The van der Waals surface area contributed by atoms with Crippen molar-refractivity contribution in [2.75, 3.05) is 26.9 Å². The molecule has 0 unspecified atom stereocenters. The van der Waals surface area contributed by atoms with Crippen molar-refractivity contribution in [1.82, 2.24) is 10.9 Å². The highest BCUT2D eigenvalue weighted by Crippen LogP contribution is 2.44. The quantitative estimate of drug-likeness (QED) is 0.0389. The zero-order valence-corrected chi connectivity index (χ0v) is 26.9. The second-order valence-corrected chi connectivity index (χ2v) is 11.4. The number of aliphatic hydroxyl groups excluding tert-OH is 1. The van der Waals surface area contributed by atoms with Gasteiger partial charge in [-0.2, -0.15) is 0 Å². The van der Waals surface area contributed by atoms with E-state index in [-0.39, 0.29) is 18.9 Å². The van der Waals surface area contributed by atoms with Gasteiger partial charge in [0, 0.05) is 42.2 Å². The van der Waals surface area contributed by atoms with Crippen molar-refractivity contribution in [3.05, 3.63) is 136 Å². The molecule has 48 heavy (non-hydrogen) atoms. The first kappa shape index (κ1) is 34.0. The van der Waals surface area contributed by atoms with Crippen molar-refractivity contribution in [2.45, 2.75) is 43.7 Å². The number of hydrazine groups is 1. The Morgan fingerprint density at radius 1 is 0.979 bits per heavy atom. The maximum Gasteiger partial charge on any atom is 0.266 e. The van der Waals surface area contributed by atoms with Crippen LogP contribution < -0.4 is 20.3 Å². The van der Waals surface area contributed by atoms with E-state index in [9.17, 15) is 10.3 Å². The smallest absolute Gasteiger partial charge is 0.266 e. The molecule has 0 fully saturated rings. The Morgan fingerprint density at radius 2 is 1.77 bits per heavy atom. The summed E-state index contributed by atoms with van der Waals surface area (Å²) >= 11 is 0. The van der Waals surface area contributed by atoms with Gasteiger partial charge in [0.2, 0.25) is 5.90 Å². The summed E-state index contributed by atoms with van der Waals surface area (Å²) in [5.41, 5.74) is 17.5. The number of ether oxygens (including phenoxy) is 3. The minimum absolute atomic E-state index is 0.0455. The number of azide groups is 1. The summed E-state index contributed by atoms with van der Waals surface area (Å²) in [4.78, 5) is 22.5. The van der Waals surface area contributed by atoms with Crippen LogP contribution in [0.1, 0.15) is 47.6 Å². The van der Waals surface area contributed by atoms with Crippen LogP contribution in [0.4, 0.5) is 5.69 Å². The van der Waals surface area contributed by atoms with Crippen LogP contribution >= 0.6 is 0 Å². The lowest BCUT2D eigenvalue weighted by molar-refractivity contribution is -0.130. The zero-order valence-electron chi connectivity index (χ0n) is 26.9. The number of aliphatic imine (C=N–C) groups is 1. The molecule has 0 saturated carbocycles. The van der Waals surface area contributed by atoms with Crippen molar-refractivity contribution >= 4 is 17.5 Å². The van der Waals surface area contributed by atoms with Crippen LogP contribution in [0.5, 0.6) is 11.5 Å². The van der Waals surface area contributed by atoms with Gasteiger partial charge in [0.25, 0.3) is 5.91 Å². The van der Waals surface area contributed by atoms with Gasteiger partial charge in [0.1, 0.15) is 11.5 Å². The highest BCUT2D eigenvalue weighted by atomic mass is 16.5. The predicted molar refractivity (Wildman–Crippen MR) is 184 cm³/mol. The van der Waals surface area contributed by atoms with Crippen LogP contribution in [0.3, 0.4) is 0 Å². The second kappa shape index (κ2) is 17.0. The Labute approximate surface area is 280 Å². The van der Waals surface area contributed by atoms with E-state index in [4.69, 9.17) is 24.3 Å². The number of hydrogen-bond donors (Lipinski definition) is 3. The topological polar surface area (TPSA) is 150 Å². The molecular weight excluding hydrogens is 608 g/mol. The third-order valence-corrected chi connectivity index (χ3v) is 8.09. The molecule has 0 spiro atoms. The molecule has 11 heteroatoms. The van der Waals surface area contributed by atoms with Gasteiger partial charge < -0.3 is 19.3 Å². The number of aliphatic hydroxyl groups is 1. The van der Waals surface area contributed by atoms with Crippen LogP contribution in [0.15, 0.2) is 113 Å². The number of rotatable bonds is 17. The Kier molecular flexibility index (Phi) is 12.0. The number of methoxy groups -OCH3 is 1. The number of carbonyl (C=O) groups is 1. The lowest BCUT2D eigenvalue weighted by Gasteiger charge is -2.31. The van der Waals surface area contributed by atoms with Crippen LogP contribution in [0, 0.1) is 0 Å². The molecule has 248 valence electrons. The van der Waals surface area contributed by atoms with E-state index >= 15 is 0 Å². The van der Waals surface area contributed by atoms with Crippen LogP contribution in [0.25, 0.3) is 10.4 Å². The molecule has 4 aromatic rings. The molecule has 0 radical (unpaired) electrons. The highest BCUT2D eigenvalue weighted by molar-refractivity contribution is 6.01. The van der Waals surface area contributed by atoms with Gasteiger partial charge >= 0.3 is 0 Å². The first-order chi connectivity index (χ1) is 23.6. The number of nitrogens with one attached hydrogen (secondary N) is 2. The number of unbranched alkanes of at least 4 members (excludes halogenated alkanes) is 1. The highest BCUT2D eigenvalue weighted by Gasteiger charge is 2.53. The fourth-order valence-corrected chi connectivity index (χ4v) is 5.62. The molecule has 1 heterocycles. The summed E-state index contributed by atoms with van der Waals surface area (Å²) in [7, 11) is 1.58. The summed E-state index contributed by atoms with van der Waals surface area (Å²) in [5.74, 6) is 1.13. The average molecular weight is 649 g/mol. The largest absolute Gasteiger partial charge is 0.497 e. The molecule has 3 N–H and O–H groups in total. The Balaban J connectivity index is 1.47. The number of benzene rings is 4. The molecule has 0 aromatic heterocycles. The molecule has 1 amide bonds. The second-order valence-electron chi connectivity index (χ2n) is 11.4. The van der Waals surface area contributed by atoms with E-state index in [0.717, 1.165) is 19.3 Å². The van der Waals surface area contributed by atoms with Gasteiger partial charge in [-0.25, -0.2) is 10.4 Å². The molecule has 5 rings (SSSR count). The molecule has 4 aromatic carbocycles. The van der Waals surface area contributed by atoms with E-state index in [1.165, 1.54) is 5.56 Å². The summed E-state index contributed by atoms with van der Waals surface area (Å²) in [6.07, 6.45) is 2.49. The van der Waals surface area contributed by atoms with E-state index in [1.807, 2.05) is 66.7 Å². The predicted octanol–water partition coefficient (Wildman–Crippen LogP) is 6.54. The maximum absolute atomic E-state index is 14.5. The van der Waals surface area contributed by atoms with Crippen molar-refractivity contribution in [3.8, 4) is 11.5 Å². The van der Waals surface area contributed by atoms with Crippen LogP contribution in [-0.2, 0) is 22.4 Å². The normalized spacial score (nSPS) is 16.7. The van der Waals surface area contributed by atoms with Gasteiger partial charge in [0.05, 0.1) is 13.7 Å². The molecule has 1 aliphatic rings. The Hall–Kier alpha value is -5.35. The van der Waals surface area contributed by atoms with Crippen molar-refractivity contribution in [1.29, 1.82) is 0 Å². The average Bonchev–Trinajstić information content (AvgIpc) is 3.52. The monoisotopic (exact) mass is 648 g/mol. The number of nitrogens with zero attached hydrogens (tertiary/aromatic N) is 4. The number of aryl methyl sites for hydroxylation is 1. The van der Waals surface area contributed by atoms with Gasteiger partial charge in [-0.15, -0.1) is 0 Å².